The van der Waals surface area contributed by atoms with E-state index < -0.39 is 11.1 Å². The largest absolute Gasteiger partial charge is 0.488 e. The summed E-state index contributed by atoms with van der Waals surface area (Å²) in [5.74, 6) is 1.51. The summed E-state index contributed by atoms with van der Waals surface area (Å²) >= 11 is 0. The second-order valence-electron chi connectivity index (χ2n) is 10.6. The van der Waals surface area contributed by atoms with E-state index in [-0.39, 0.29) is 23.3 Å². The lowest BCUT2D eigenvalue weighted by Gasteiger charge is -2.35. The normalized spacial score (nSPS) is 31.1. The molecule has 1 aromatic rings. The van der Waals surface area contributed by atoms with Crippen LogP contribution in [0.2, 0.25) is 0 Å². The second-order valence-corrected chi connectivity index (χ2v) is 10.6. The van der Waals surface area contributed by atoms with Gasteiger partial charge in [-0.15, -0.1) is 0 Å². The minimum atomic E-state index is -0.470. The molecule has 1 aromatic carbocycles. The highest BCUT2D eigenvalue weighted by molar-refractivity contribution is 5.32. The highest BCUT2D eigenvalue weighted by Crippen LogP contribution is 2.42. The summed E-state index contributed by atoms with van der Waals surface area (Å²) in [5.41, 5.74) is -1.59. The first-order valence-electron chi connectivity index (χ1n) is 10.1. The van der Waals surface area contributed by atoms with E-state index in [1.54, 1.807) is 0 Å². The Bertz CT molecular complexity index is 651. The van der Waals surface area contributed by atoms with E-state index >= 15 is 0 Å². The maximum absolute atomic E-state index is 10.5. The first-order valence-corrected chi connectivity index (χ1v) is 10.1. The van der Waals surface area contributed by atoms with Gasteiger partial charge in [-0.2, -0.15) is 10.1 Å². The summed E-state index contributed by atoms with van der Waals surface area (Å²) in [6.45, 7) is 16.1. The Hall–Kier alpha value is -1.34. The van der Waals surface area contributed by atoms with Gasteiger partial charge in [-0.1, -0.05) is 0 Å². The molecule has 0 bridgehead atoms. The van der Waals surface area contributed by atoms with Crippen molar-refractivity contribution in [3.8, 4) is 11.5 Å². The number of nitrogens with zero attached hydrogens (tertiary/aromatic N) is 2. The van der Waals surface area contributed by atoms with Crippen molar-refractivity contribution in [1.82, 2.24) is 10.1 Å². The molecule has 0 amide bonds. The number of hydroxylamine groups is 4. The fourth-order valence-electron chi connectivity index (χ4n) is 4.71. The van der Waals surface area contributed by atoms with Crippen molar-refractivity contribution < 1.29 is 19.9 Å². The van der Waals surface area contributed by atoms with Crippen LogP contribution in [0.4, 0.5) is 0 Å². The van der Waals surface area contributed by atoms with Gasteiger partial charge in [0.25, 0.3) is 0 Å². The molecule has 0 aliphatic carbocycles. The van der Waals surface area contributed by atoms with Gasteiger partial charge in [0.2, 0.25) is 0 Å². The highest BCUT2D eigenvalue weighted by Gasteiger charge is 2.54. The third-order valence-corrected chi connectivity index (χ3v) is 6.56. The molecule has 2 atom stereocenters. The topological polar surface area (TPSA) is 65.4 Å². The van der Waals surface area contributed by atoms with Crippen LogP contribution in [0.5, 0.6) is 11.5 Å². The molecule has 6 heteroatoms. The highest BCUT2D eigenvalue weighted by atomic mass is 16.5. The van der Waals surface area contributed by atoms with Crippen molar-refractivity contribution in [3.05, 3.63) is 24.3 Å². The molecular weight excluding hydrogens is 356 g/mol. The average molecular weight is 393 g/mol. The van der Waals surface area contributed by atoms with Gasteiger partial charge in [0.15, 0.2) is 0 Å². The third-order valence-electron chi connectivity index (χ3n) is 6.56. The molecule has 28 heavy (non-hydrogen) atoms. The molecule has 3 rings (SSSR count). The van der Waals surface area contributed by atoms with E-state index in [4.69, 9.17) is 9.47 Å². The molecule has 6 nitrogen and oxygen atoms in total. The van der Waals surface area contributed by atoms with Crippen LogP contribution in [0, 0.1) is 0 Å². The number of hydrogen-bond donors (Lipinski definition) is 2. The van der Waals surface area contributed by atoms with Crippen molar-refractivity contribution in [2.45, 2.75) is 103 Å². The summed E-state index contributed by atoms with van der Waals surface area (Å²) in [6.07, 6.45) is 1.26. The molecule has 2 heterocycles. The van der Waals surface area contributed by atoms with Crippen LogP contribution in [0.1, 0.15) is 68.2 Å². The van der Waals surface area contributed by atoms with E-state index in [0.717, 1.165) is 24.3 Å². The van der Waals surface area contributed by atoms with Gasteiger partial charge in [-0.3, -0.25) is 0 Å². The van der Waals surface area contributed by atoms with Gasteiger partial charge >= 0.3 is 0 Å². The molecule has 0 aromatic heterocycles. The Morgan fingerprint density at radius 2 is 0.964 bits per heavy atom. The monoisotopic (exact) mass is 392 g/mol. The molecule has 0 spiro atoms. The second kappa shape index (κ2) is 6.59. The fraction of sp³-hybridized carbons (Fsp3) is 0.727. The van der Waals surface area contributed by atoms with Crippen molar-refractivity contribution in [2.75, 3.05) is 0 Å². The number of benzene rings is 1. The van der Waals surface area contributed by atoms with Gasteiger partial charge in [-0.05, 0) is 79.7 Å². The lowest BCUT2D eigenvalue weighted by atomic mass is 9.97. The molecular formula is C22H36N2O4. The molecule has 2 unspecified atom stereocenters. The minimum Gasteiger partial charge on any atom is -0.488 e. The van der Waals surface area contributed by atoms with Crippen molar-refractivity contribution >= 4 is 0 Å². The molecule has 158 valence electrons. The Kier molecular flexibility index (Phi) is 5.03. The summed E-state index contributed by atoms with van der Waals surface area (Å²) in [7, 11) is 0. The zero-order valence-electron chi connectivity index (χ0n) is 18.5. The van der Waals surface area contributed by atoms with E-state index in [0.29, 0.717) is 0 Å². The lowest BCUT2D eigenvalue weighted by Crippen LogP contribution is -2.49. The van der Waals surface area contributed by atoms with Crippen LogP contribution in [0.25, 0.3) is 0 Å². The van der Waals surface area contributed by atoms with Crippen LogP contribution < -0.4 is 9.47 Å². The van der Waals surface area contributed by atoms with Gasteiger partial charge < -0.3 is 19.9 Å². The summed E-state index contributed by atoms with van der Waals surface area (Å²) in [5, 5.41) is 23.7. The van der Waals surface area contributed by atoms with Gasteiger partial charge in [0.05, 0.1) is 11.1 Å². The Labute approximate surface area is 169 Å². The van der Waals surface area contributed by atoms with Crippen LogP contribution >= 0.6 is 0 Å². The van der Waals surface area contributed by atoms with Crippen molar-refractivity contribution in [3.63, 3.8) is 0 Å². The van der Waals surface area contributed by atoms with Crippen LogP contribution in [-0.2, 0) is 0 Å². The summed E-state index contributed by atoms with van der Waals surface area (Å²) in [6, 6.07) is 7.62. The van der Waals surface area contributed by atoms with Crippen molar-refractivity contribution in [1.29, 1.82) is 0 Å². The molecule has 0 saturated carbocycles. The third kappa shape index (κ3) is 3.52. The smallest absolute Gasteiger partial charge is 0.121 e. The predicted molar refractivity (Wildman–Crippen MR) is 108 cm³/mol. The first kappa shape index (κ1) is 21.4. The number of ether oxygens (including phenoxy) is 2. The molecule has 0 radical (unpaired) electrons. The SMILES string of the molecule is CC1(C)CC(Oc2ccc(OC3CC(C)(C)N(O)C3(C)C)cc2)C(C)(C)N1O. The van der Waals surface area contributed by atoms with Gasteiger partial charge in [0, 0.05) is 23.9 Å². The standard InChI is InChI=1S/C22H36N2O4/c1-19(2)13-17(21(5,6)23(19)25)27-15-9-11-16(12-10-15)28-18-14-20(3,4)24(26)22(18,7)8/h9-12,17-18,25-26H,13-14H2,1-8H3. The Balaban J connectivity index is 1.68. The van der Waals surface area contributed by atoms with E-state index in [1.807, 2.05) is 79.7 Å². The summed E-state index contributed by atoms with van der Waals surface area (Å²) < 4.78 is 12.4. The van der Waals surface area contributed by atoms with Crippen molar-refractivity contribution in [2.24, 2.45) is 0 Å². The predicted octanol–water partition coefficient (Wildman–Crippen LogP) is 4.49. The number of hydrogen-bond acceptors (Lipinski definition) is 6. The lowest BCUT2D eigenvalue weighted by molar-refractivity contribution is -0.199. The fourth-order valence-corrected chi connectivity index (χ4v) is 4.71. The van der Waals surface area contributed by atoms with Crippen LogP contribution in [-0.4, -0.2) is 54.9 Å². The Morgan fingerprint density at radius 3 is 1.18 bits per heavy atom. The average Bonchev–Trinajstić information content (AvgIpc) is 2.83. The van der Waals surface area contributed by atoms with E-state index in [2.05, 4.69) is 0 Å². The zero-order chi connectivity index (χ0) is 21.1. The molecule has 2 fully saturated rings. The maximum Gasteiger partial charge on any atom is 0.121 e. The van der Waals surface area contributed by atoms with Crippen LogP contribution in [0.15, 0.2) is 24.3 Å². The van der Waals surface area contributed by atoms with E-state index in [1.165, 1.54) is 10.1 Å². The number of rotatable bonds is 4. The minimum absolute atomic E-state index is 0.114. The molecule has 2 aliphatic heterocycles. The maximum atomic E-state index is 10.5. The molecule has 2 saturated heterocycles. The summed E-state index contributed by atoms with van der Waals surface area (Å²) in [4.78, 5) is 0. The van der Waals surface area contributed by atoms with Crippen LogP contribution in [0.3, 0.4) is 0 Å². The molecule has 2 N–H and O–H groups in total. The zero-order valence-corrected chi connectivity index (χ0v) is 18.5. The molecule has 2 aliphatic rings. The van der Waals surface area contributed by atoms with Gasteiger partial charge in [-0.25, -0.2) is 0 Å². The quantitative estimate of drug-likeness (QED) is 0.787. The first-order chi connectivity index (χ1) is 12.7. The Morgan fingerprint density at radius 1 is 0.679 bits per heavy atom. The van der Waals surface area contributed by atoms with Gasteiger partial charge in [0.1, 0.15) is 23.7 Å². The van der Waals surface area contributed by atoms with E-state index in [9.17, 15) is 10.4 Å².